The lowest BCUT2D eigenvalue weighted by Crippen LogP contribution is -2.33. The van der Waals surface area contributed by atoms with Crippen LogP contribution >= 0.6 is 0 Å². The summed E-state index contributed by atoms with van der Waals surface area (Å²) < 4.78 is 8.91. The highest BCUT2D eigenvalue weighted by molar-refractivity contribution is 5.10. The van der Waals surface area contributed by atoms with Crippen molar-refractivity contribution >= 4 is 0 Å². The molecule has 2 aromatic rings. The van der Waals surface area contributed by atoms with Crippen LogP contribution in [0.4, 0.5) is 0 Å². The normalized spacial score (nSPS) is 26.8. The van der Waals surface area contributed by atoms with Gasteiger partial charge in [-0.2, -0.15) is 0 Å². The van der Waals surface area contributed by atoms with Crippen LogP contribution in [0.2, 0.25) is 0 Å². The number of aliphatic hydroxyl groups is 1. The van der Waals surface area contributed by atoms with Crippen LogP contribution in [0.25, 0.3) is 0 Å². The summed E-state index contributed by atoms with van der Waals surface area (Å²) in [7, 11) is 0. The molecule has 3 heterocycles. The quantitative estimate of drug-likeness (QED) is 0.803. The van der Waals surface area contributed by atoms with E-state index in [0.717, 1.165) is 18.5 Å². The number of nitrogens with zero attached hydrogens (tertiary/aromatic N) is 4. The molecule has 0 unspecified atom stereocenters. The highest BCUT2D eigenvalue weighted by Crippen LogP contribution is 2.40. The molecule has 2 fully saturated rings. The third-order valence-corrected chi connectivity index (χ3v) is 4.70. The second-order valence-electron chi connectivity index (χ2n) is 6.49. The van der Waals surface area contributed by atoms with Crippen LogP contribution in [0.3, 0.4) is 0 Å². The van der Waals surface area contributed by atoms with Crippen molar-refractivity contribution in [3.05, 3.63) is 44.5 Å². The maximum absolute atomic E-state index is 12.0. The molecule has 1 aliphatic heterocycles. The number of H-pyrrole nitrogens is 1. The fourth-order valence-corrected chi connectivity index (χ4v) is 3.15. The molecular formula is C15H19N5O4. The Balaban J connectivity index is 1.62. The summed E-state index contributed by atoms with van der Waals surface area (Å²) in [6, 6.07) is -0.209. The molecule has 2 aromatic heterocycles. The molecule has 1 saturated carbocycles. The molecule has 128 valence electrons. The Kier molecular flexibility index (Phi) is 3.61. The minimum Gasteiger partial charge on any atom is -0.394 e. The number of ether oxygens (including phenoxy) is 1. The fourth-order valence-electron chi connectivity index (χ4n) is 3.15. The van der Waals surface area contributed by atoms with Crippen molar-refractivity contribution in [1.29, 1.82) is 0 Å². The summed E-state index contributed by atoms with van der Waals surface area (Å²) in [5.74, 6) is 0.494. The molecular weight excluding hydrogens is 314 g/mol. The van der Waals surface area contributed by atoms with E-state index in [4.69, 9.17) is 4.74 Å². The van der Waals surface area contributed by atoms with Gasteiger partial charge in [0.2, 0.25) is 0 Å². The van der Waals surface area contributed by atoms with E-state index in [1.807, 2.05) is 6.20 Å². The number of aromatic nitrogens is 5. The van der Waals surface area contributed by atoms with E-state index in [0.29, 0.717) is 17.9 Å². The van der Waals surface area contributed by atoms with Gasteiger partial charge in [-0.25, -0.2) is 9.48 Å². The summed E-state index contributed by atoms with van der Waals surface area (Å²) in [5, 5.41) is 18.0. The van der Waals surface area contributed by atoms with Crippen LogP contribution in [0, 0.1) is 6.92 Å². The van der Waals surface area contributed by atoms with Gasteiger partial charge in [0.1, 0.15) is 12.3 Å². The molecule has 9 nitrogen and oxygen atoms in total. The maximum Gasteiger partial charge on any atom is 0.330 e. The summed E-state index contributed by atoms with van der Waals surface area (Å²) >= 11 is 0. The number of hydrogen-bond donors (Lipinski definition) is 2. The largest absolute Gasteiger partial charge is 0.394 e. The molecule has 0 radical (unpaired) electrons. The SMILES string of the molecule is Cc1cn([C@H]2C[C@H](n3cc(C4CC4)nn3)[C@@H](CO)O2)c(=O)[nH]c1=O. The van der Waals surface area contributed by atoms with E-state index in [2.05, 4.69) is 15.3 Å². The second-order valence-corrected chi connectivity index (χ2v) is 6.49. The van der Waals surface area contributed by atoms with E-state index in [1.165, 1.54) is 10.8 Å². The third kappa shape index (κ3) is 2.59. The van der Waals surface area contributed by atoms with E-state index < -0.39 is 23.6 Å². The molecule has 1 saturated heterocycles. The zero-order valence-corrected chi connectivity index (χ0v) is 13.3. The van der Waals surface area contributed by atoms with Gasteiger partial charge in [0, 0.05) is 30.3 Å². The molecule has 2 N–H and O–H groups in total. The van der Waals surface area contributed by atoms with E-state index in [-0.39, 0.29) is 12.6 Å². The average molecular weight is 333 g/mol. The van der Waals surface area contributed by atoms with Crippen LogP contribution in [0.1, 0.15) is 48.7 Å². The zero-order valence-electron chi connectivity index (χ0n) is 13.3. The molecule has 0 spiro atoms. The van der Waals surface area contributed by atoms with Gasteiger partial charge >= 0.3 is 5.69 Å². The lowest BCUT2D eigenvalue weighted by Gasteiger charge is -2.15. The van der Waals surface area contributed by atoms with Gasteiger partial charge in [0.05, 0.1) is 18.3 Å². The molecule has 4 rings (SSSR count). The fraction of sp³-hybridized carbons (Fsp3) is 0.600. The van der Waals surface area contributed by atoms with Crippen LogP contribution < -0.4 is 11.2 Å². The van der Waals surface area contributed by atoms with Crippen molar-refractivity contribution in [2.75, 3.05) is 6.61 Å². The molecule has 24 heavy (non-hydrogen) atoms. The van der Waals surface area contributed by atoms with Crippen molar-refractivity contribution in [2.45, 2.75) is 50.5 Å². The number of aryl methyl sites for hydroxylation is 1. The van der Waals surface area contributed by atoms with Crippen LogP contribution in [0.5, 0.6) is 0 Å². The van der Waals surface area contributed by atoms with E-state index >= 15 is 0 Å². The highest BCUT2D eigenvalue weighted by atomic mass is 16.5. The minimum atomic E-state index is -0.566. The van der Waals surface area contributed by atoms with Gasteiger partial charge in [-0.1, -0.05) is 5.21 Å². The van der Waals surface area contributed by atoms with E-state index in [1.54, 1.807) is 11.6 Å². The zero-order chi connectivity index (χ0) is 16.8. The monoisotopic (exact) mass is 333 g/mol. The Hall–Kier alpha value is -2.26. The number of nitrogens with one attached hydrogen (secondary N) is 1. The van der Waals surface area contributed by atoms with Gasteiger partial charge in [0.25, 0.3) is 5.56 Å². The van der Waals surface area contributed by atoms with Gasteiger partial charge in [-0.15, -0.1) is 5.10 Å². The summed E-state index contributed by atoms with van der Waals surface area (Å²) in [6.07, 6.45) is 5.07. The van der Waals surface area contributed by atoms with Gasteiger partial charge < -0.3 is 9.84 Å². The molecule has 0 aromatic carbocycles. The highest BCUT2D eigenvalue weighted by Gasteiger charge is 2.39. The van der Waals surface area contributed by atoms with Crippen molar-refractivity contribution in [3.63, 3.8) is 0 Å². The van der Waals surface area contributed by atoms with E-state index in [9.17, 15) is 14.7 Å². The van der Waals surface area contributed by atoms with Crippen LogP contribution in [-0.2, 0) is 4.74 Å². The number of hydrogen-bond acceptors (Lipinski definition) is 6. The van der Waals surface area contributed by atoms with Crippen molar-refractivity contribution in [3.8, 4) is 0 Å². The molecule has 9 heteroatoms. The topological polar surface area (TPSA) is 115 Å². The van der Waals surface area contributed by atoms with Gasteiger partial charge in [-0.3, -0.25) is 14.3 Å². The Morgan fingerprint density at radius 2 is 2.17 bits per heavy atom. The lowest BCUT2D eigenvalue weighted by atomic mass is 10.1. The van der Waals surface area contributed by atoms with Crippen LogP contribution in [-0.4, -0.2) is 42.4 Å². The predicted octanol–water partition coefficient (Wildman–Crippen LogP) is -0.165. The molecule has 0 bridgehead atoms. The Morgan fingerprint density at radius 1 is 1.38 bits per heavy atom. The van der Waals surface area contributed by atoms with Crippen molar-refractivity contribution in [1.82, 2.24) is 24.5 Å². The standard InChI is InChI=1S/C15H19N5O4/c1-8-5-19(15(23)16-14(8)22)13-4-11(12(7-21)24-13)20-6-10(17-18-20)9-2-3-9/h5-6,9,11-13,21H,2-4,7H2,1H3,(H,16,22,23)/t11-,12+,13+/m0/s1. The first-order valence-electron chi connectivity index (χ1n) is 8.07. The summed E-state index contributed by atoms with van der Waals surface area (Å²) in [6.45, 7) is 1.45. The first kappa shape index (κ1) is 15.3. The Morgan fingerprint density at radius 3 is 2.88 bits per heavy atom. The third-order valence-electron chi connectivity index (χ3n) is 4.70. The summed E-state index contributed by atoms with van der Waals surface area (Å²) in [4.78, 5) is 25.8. The number of rotatable bonds is 4. The maximum atomic E-state index is 12.0. The molecule has 2 aliphatic rings. The molecule has 0 amide bonds. The van der Waals surface area contributed by atoms with Crippen molar-refractivity contribution in [2.24, 2.45) is 0 Å². The van der Waals surface area contributed by atoms with Crippen molar-refractivity contribution < 1.29 is 9.84 Å². The van der Waals surface area contributed by atoms with Crippen LogP contribution in [0.15, 0.2) is 22.0 Å². The Labute approximate surface area is 136 Å². The lowest BCUT2D eigenvalue weighted by molar-refractivity contribution is -0.0323. The summed E-state index contributed by atoms with van der Waals surface area (Å²) in [5.41, 5.74) is 0.464. The smallest absolute Gasteiger partial charge is 0.330 e. The predicted molar refractivity (Wildman–Crippen MR) is 82.7 cm³/mol. The minimum absolute atomic E-state index is 0.184. The molecule has 1 aliphatic carbocycles. The van der Waals surface area contributed by atoms with Gasteiger partial charge in [-0.05, 0) is 19.8 Å². The number of aromatic amines is 1. The first-order chi connectivity index (χ1) is 11.6. The second kappa shape index (κ2) is 5.67. The molecule has 3 atom stereocenters. The number of aliphatic hydroxyl groups excluding tert-OH is 1. The van der Waals surface area contributed by atoms with Gasteiger partial charge in [0.15, 0.2) is 0 Å². The average Bonchev–Trinajstić information content (AvgIpc) is 3.14. The first-order valence-corrected chi connectivity index (χ1v) is 8.07. The Bertz CT molecular complexity index is 865.